The molecule has 19 heteroatoms. The van der Waals surface area contributed by atoms with Crippen LogP contribution in [0.15, 0.2) is 0 Å². The third-order valence-corrected chi connectivity index (χ3v) is 0. The van der Waals surface area contributed by atoms with E-state index in [0.717, 1.165) is 0 Å². The summed E-state index contributed by atoms with van der Waals surface area (Å²) in [6.07, 6.45) is 0. The second-order valence-corrected chi connectivity index (χ2v) is 1.90. The Balaban J connectivity index is -0.0000000180. The van der Waals surface area contributed by atoms with Gasteiger partial charge in [0.1, 0.15) is 0 Å². The van der Waals surface area contributed by atoms with E-state index in [9.17, 15) is 0 Å². The van der Waals surface area contributed by atoms with Gasteiger partial charge in [0.15, 0.2) is 0 Å². The first kappa shape index (κ1) is 42.9. The first-order chi connectivity index (χ1) is 8.49. The Bertz CT molecular complexity index is 114. The normalized spacial score (nSPS) is 2.53. The van der Waals surface area contributed by atoms with Gasteiger partial charge in [-0.05, 0) is 0 Å². The molecule has 0 saturated carbocycles. The molecule has 0 atom stereocenters. The third-order valence-electron chi connectivity index (χ3n) is 0. The average molecular weight is 497 g/mol. The molecule has 19 heavy (non-hydrogen) atoms. The Kier molecular flexibility index (Phi) is 247. The Morgan fingerprint density at radius 1 is 0.368 bits per heavy atom. The van der Waals surface area contributed by atoms with Crippen LogP contribution in [0.5, 0.6) is 0 Å². The van der Waals surface area contributed by atoms with Crippen LogP contribution in [0.25, 0.3) is 0 Å². The summed E-state index contributed by atoms with van der Waals surface area (Å²) >= 11 is -9.00. The van der Waals surface area contributed by atoms with E-state index in [4.69, 9.17) is 47.8 Å². The molecule has 0 amide bonds. The molecule has 0 fully saturated rings. The molecule has 98 valence electrons. The van der Waals surface area contributed by atoms with Gasteiger partial charge in [-0.15, -0.1) is 0 Å². The summed E-state index contributed by atoms with van der Waals surface area (Å²) in [4.78, 5) is 0. The molecular formula is H6Al6BaO12. The van der Waals surface area contributed by atoms with E-state index >= 15 is 0 Å². The summed E-state index contributed by atoms with van der Waals surface area (Å²) in [5, 5.41) is 0. The number of hydrogen-bond donors (Lipinski definition) is 6. The van der Waals surface area contributed by atoms with Crippen LogP contribution in [0.3, 0.4) is 0 Å². The zero-order valence-corrected chi connectivity index (χ0v) is 20.7. The summed E-state index contributed by atoms with van der Waals surface area (Å²) in [5.41, 5.74) is 0. The van der Waals surface area contributed by atoms with E-state index in [-0.39, 0.29) is 48.9 Å². The van der Waals surface area contributed by atoms with Crippen molar-refractivity contribution in [1.82, 2.24) is 0 Å². The van der Waals surface area contributed by atoms with Gasteiger partial charge in [-0.25, -0.2) is 0 Å². The fourth-order valence-corrected chi connectivity index (χ4v) is 0. The molecule has 0 saturated heterocycles. The second-order valence-electron chi connectivity index (χ2n) is 0.632. The minimum atomic E-state index is -1.50. The van der Waals surface area contributed by atoms with Crippen LogP contribution in [0.4, 0.5) is 0 Å². The maximum atomic E-state index is 8.57. The van der Waals surface area contributed by atoms with Crippen LogP contribution in [-0.2, 0) is 22.8 Å². The predicted octanol–water partition coefficient (Wildman–Crippen LogP) is -6.72. The molecule has 0 bridgehead atoms. The van der Waals surface area contributed by atoms with Crippen molar-refractivity contribution in [2.45, 2.75) is 0 Å². The van der Waals surface area contributed by atoms with Gasteiger partial charge in [-0.2, -0.15) is 0 Å². The van der Waals surface area contributed by atoms with E-state index in [1.54, 1.807) is 0 Å². The molecular weight excluding hydrogens is 491 g/mol. The molecule has 0 aliphatic heterocycles. The first-order valence-corrected chi connectivity index (χ1v) is 8.89. The van der Waals surface area contributed by atoms with Gasteiger partial charge in [0.05, 0.1) is 0 Å². The third kappa shape index (κ3) is 1230. The molecule has 0 unspecified atom stereocenters. The van der Waals surface area contributed by atoms with Crippen LogP contribution >= 0.6 is 0 Å². The topological polar surface area (TPSA) is 224 Å². The van der Waals surface area contributed by atoms with Gasteiger partial charge >= 0.3 is 141 Å². The summed E-state index contributed by atoms with van der Waals surface area (Å²) in [5.74, 6) is 0. The van der Waals surface area contributed by atoms with E-state index in [0.29, 0.717) is 0 Å². The van der Waals surface area contributed by atoms with Crippen molar-refractivity contribution in [3.05, 3.63) is 0 Å². The fraction of sp³-hybridized carbons (Fsp3) is 0. The van der Waals surface area contributed by atoms with E-state index < -0.39 is 92.9 Å². The second kappa shape index (κ2) is 109. The summed E-state index contributed by atoms with van der Waals surface area (Å²) < 4.78 is 94.0. The number of rotatable bonds is 0. The van der Waals surface area contributed by atoms with Gasteiger partial charge < -0.3 is 0 Å². The molecule has 0 aromatic heterocycles. The van der Waals surface area contributed by atoms with Gasteiger partial charge in [-0.3, -0.25) is 0 Å². The SMILES string of the molecule is [Ba].[O]=[Al][OH].[O]=[Al][OH].[O]=[Al][OH].[O]=[Al][OH].[O]=[Al][OH].[O]=[Al][OH]. The van der Waals surface area contributed by atoms with Gasteiger partial charge in [0.25, 0.3) is 0 Å². The fourth-order valence-electron chi connectivity index (χ4n) is 0. The zero-order chi connectivity index (χ0) is 16.2. The summed E-state index contributed by atoms with van der Waals surface area (Å²) in [6, 6.07) is 0. The monoisotopic (exact) mass is 498 g/mol. The van der Waals surface area contributed by atoms with Crippen LogP contribution in [0, 0.1) is 0 Å². The van der Waals surface area contributed by atoms with E-state index in [1.807, 2.05) is 0 Å². The van der Waals surface area contributed by atoms with E-state index in [2.05, 4.69) is 0 Å². The average Bonchev–Trinajstić information content (AvgIpc) is 2.23. The number of hydrogen-bond acceptors (Lipinski definition) is 6. The Morgan fingerprint density at radius 3 is 0.368 bits per heavy atom. The van der Waals surface area contributed by atoms with Crippen molar-refractivity contribution in [2.24, 2.45) is 0 Å². The maximum absolute atomic E-state index is 8.57. The van der Waals surface area contributed by atoms with Crippen LogP contribution in [0.1, 0.15) is 0 Å². The Morgan fingerprint density at radius 2 is 0.368 bits per heavy atom. The van der Waals surface area contributed by atoms with Crippen molar-refractivity contribution < 1.29 is 47.8 Å². The first-order valence-electron chi connectivity index (χ1n) is 2.96. The standard InChI is InChI=1S/6Al.Ba.6H2O.6O/h;;;;;;;6*1H2;;;;;;/q6*+1;;;;;;;;;;;;;/p-6. The quantitative estimate of drug-likeness (QED) is 0.172. The van der Waals surface area contributed by atoms with Gasteiger partial charge in [0, 0.05) is 48.9 Å². The molecule has 0 aromatic carbocycles. The van der Waals surface area contributed by atoms with Crippen LogP contribution in [0.2, 0.25) is 0 Å². The van der Waals surface area contributed by atoms with Crippen molar-refractivity contribution in [1.29, 1.82) is 0 Å². The van der Waals surface area contributed by atoms with E-state index in [1.165, 1.54) is 0 Å². The van der Waals surface area contributed by atoms with Crippen LogP contribution in [-0.4, -0.2) is 167 Å². The molecule has 12 nitrogen and oxygen atoms in total. The molecule has 0 rings (SSSR count). The molecule has 2 radical (unpaired) electrons. The van der Waals surface area contributed by atoms with Crippen molar-refractivity contribution in [3.63, 3.8) is 0 Å². The van der Waals surface area contributed by atoms with Crippen molar-refractivity contribution in [3.8, 4) is 0 Å². The molecule has 0 aliphatic carbocycles. The summed E-state index contributed by atoms with van der Waals surface area (Å²) in [6.45, 7) is 0. The molecule has 0 heterocycles. The molecule has 0 aliphatic rings. The van der Waals surface area contributed by atoms with Gasteiger partial charge in [0.2, 0.25) is 0 Å². The van der Waals surface area contributed by atoms with Gasteiger partial charge in [-0.1, -0.05) is 0 Å². The zero-order valence-electron chi connectivity index (χ0n) is 9.30. The summed E-state index contributed by atoms with van der Waals surface area (Å²) in [7, 11) is 0. The van der Waals surface area contributed by atoms with Crippen molar-refractivity contribution >= 4 is 142 Å². The Labute approximate surface area is 186 Å². The van der Waals surface area contributed by atoms with Crippen molar-refractivity contribution in [2.75, 3.05) is 0 Å². The molecule has 6 N–H and O–H groups in total. The minimum absolute atomic E-state index is 0. The molecule has 0 spiro atoms. The Hall–Kier alpha value is 2.37. The molecule has 0 aromatic rings. The van der Waals surface area contributed by atoms with Crippen LogP contribution < -0.4 is 0 Å². The predicted molar refractivity (Wildman–Crippen MR) is 57.7 cm³/mol.